The Balaban J connectivity index is 1.28. The Morgan fingerprint density at radius 3 is 2.30 bits per heavy atom. The van der Waals surface area contributed by atoms with E-state index in [4.69, 9.17) is 0 Å². The molecule has 5 rings (SSSR count). The molecule has 0 bridgehead atoms. The Bertz CT molecular complexity index is 1200. The van der Waals surface area contributed by atoms with Crippen molar-refractivity contribution in [2.45, 2.75) is 25.7 Å². The third kappa shape index (κ3) is 4.13. The van der Waals surface area contributed by atoms with Crippen LogP contribution in [0.4, 0.5) is 8.78 Å². The number of hydrogen-bond acceptors (Lipinski definition) is 3. The van der Waals surface area contributed by atoms with Crippen molar-refractivity contribution in [1.29, 1.82) is 0 Å². The minimum absolute atomic E-state index is 0.0431. The van der Waals surface area contributed by atoms with E-state index in [-0.39, 0.29) is 29.9 Å². The van der Waals surface area contributed by atoms with Gasteiger partial charge in [-0.25, -0.2) is 13.5 Å². The van der Waals surface area contributed by atoms with Gasteiger partial charge in [-0.3, -0.25) is 9.59 Å². The normalized spacial score (nSPS) is 15.6. The third-order valence-corrected chi connectivity index (χ3v) is 6.40. The highest BCUT2D eigenvalue weighted by Gasteiger charge is 2.32. The van der Waals surface area contributed by atoms with Gasteiger partial charge in [0.1, 0.15) is 17.3 Å². The molecule has 3 aromatic rings. The molecule has 2 amide bonds. The summed E-state index contributed by atoms with van der Waals surface area (Å²) in [6, 6.07) is 12.4. The maximum atomic E-state index is 14.4. The molecule has 2 aromatic carbocycles. The SMILES string of the molecule is O=C(Cc1ccc(F)cc1)N1CCN(C(=O)c2nn(-c3ccccc3F)c3c2CCC3)CC1. The topological polar surface area (TPSA) is 58.4 Å². The zero-order valence-corrected chi connectivity index (χ0v) is 18.1. The number of halogens is 2. The Labute approximate surface area is 190 Å². The Morgan fingerprint density at radius 2 is 1.58 bits per heavy atom. The van der Waals surface area contributed by atoms with Crippen LogP contribution in [-0.2, 0) is 24.1 Å². The first kappa shape index (κ1) is 21.3. The maximum Gasteiger partial charge on any atom is 0.274 e. The van der Waals surface area contributed by atoms with Gasteiger partial charge in [-0.15, -0.1) is 0 Å². The van der Waals surface area contributed by atoms with Crippen molar-refractivity contribution in [2.24, 2.45) is 0 Å². The number of carbonyl (C=O) groups is 2. The molecule has 0 spiro atoms. The van der Waals surface area contributed by atoms with E-state index in [0.717, 1.165) is 36.1 Å². The average Bonchev–Trinajstić information content (AvgIpc) is 3.44. The lowest BCUT2D eigenvalue weighted by Crippen LogP contribution is -2.51. The molecular formula is C25H24F2N4O2. The quantitative estimate of drug-likeness (QED) is 0.614. The lowest BCUT2D eigenvalue weighted by atomic mass is 10.1. The molecular weight excluding hydrogens is 426 g/mol. The number of aromatic nitrogens is 2. The summed E-state index contributed by atoms with van der Waals surface area (Å²) in [7, 11) is 0. The van der Waals surface area contributed by atoms with Gasteiger partial charge >= 0.3 is 0 Å². The summed E-state index contributed by atoms with van der Waals surface area (Å²) >= 11 is 0. The molecule has 1 aliphatic carbocycles. The monoisotopic (exact) mass is 450 g/mol. The van der Waals surface area contributed by atoms with Gasteiger partial charge in [-0.05, 0) is 49.1 Å². The van der Waals surface area contributed by atoms with Crippen molar-refractivity contribution in [3.8, 4) is 5.69 Å². The van der Waals surface area contributed by atoms with E-state index in [9.17, 15) is 18.4 Å². The highest BCUT2D eigenvalue weighted by molar-refractivity contribution is 5.94. The van der Waals surface area contributed by atoms with Gasteiger partial charge in [0, 0.05) is 37.4 Å². The fraction of sp³-hybridized carbons (Fsp3) is 0.320. The van der Waals surface area contributed by atoms with Crippen LogP contribution in [-0.4, -0.2) is 57.6 Å². The van der Waals surface area contributed by atoms with Crippen molar-refractivity contribution in [1.82, 2.24) is 19.6 Å². The number of nitrogens with zero attached hydrogens (tertiary/aromatic N) is 4. The van der Waals surface area contributed by atoms with Crippen LogP contribution in [0.1, 0.15) is 33.7 Å². The van der Waals surface area contributed by atoms with Crippen LogP contribution in [0.2, 0.25) is 0 Å². The van der Waals surface area contributed by atoms with Crippen LogP contribution < -0.4 is 0 Å². The summed E-state index contributed by atoms with van der Waals surface area (Å²) in [5.41, 5.74) is 3.30. The van der Waals surface area contributed by atoms with Gasteiger partial charge in [0.25, 0.3) is 5.91 Å². The zero-order chi connectivity index (χ0) is 22.9. The molecule has 0 unspecified atom stereocenters. The Hall–Kier alpha value is -3.55. The largest absolute Gasteiger partial charge is 0.339 e. The molecule has 0 atom stereocenters. The Morgan fingerprint density at radius 1 is 0.879 bits per heavy atom. The molecule has 1 aromatic heterocycles. The first-order valence-electron chi connectivity index (χ1n) is 11.2. The first-order chi connectivity index (χ1) is 16.0. The van der Waals surface area contributed by atoms with E-state index in [0.29, 0.717) is 37.6 Å². The third-order valence-electron chi connectivity index (χ3n) is 6.40. The molecule has 33 heavy (non-hydrogen) atoms. The smallest absolute Gasteiger partial charge is 0.274 e. The fourth-order valence-electron chi connectivity index (χ4n) is 4.63. The number of rotatable bonds is 4. The molecule has 8 heteroatoms. The maximum absolute atomic E-state index is 14.4. The van der Waals surface area contributed by atoms with Crippen LogP contribution in [0.5, 0.6) is 0 Å². The van der Waals surface area contributed by atoms with Gasteiger partial charge in [0.2, 0.25) is 5.91 Å². The van der Waals surface area contributed by atoms with Gasteiger partial charge in [-0.1, -0.05) is 24.3 Å². The van der Waals surface area contributed by atoms with Crippen molar-refractivity contribution in [3.63, 3.8) is 0 Å². The van der Waals surface area contributed by atoms with E-state index in [1.807, 2.05) is 0 Å². The summed E-state index contributed by atoms with van der Waals surface area (Å²) < 4.78 is 29.0. The van der Waals surface area contributed by atoms with E-state index in [1.54, 1.807) is 44.8 Å². The standard InChI is InChI=1S/C25H24F2N4O2/c26-18-10-8-17(9-11-18)16-23(32)29-12-14-30(15-13-29)25(33)24-19-4-3-7-21(19)31(28-24)22-6-2-1-5-20(22)27/h1-2,5-6,8-11H,3-4,7,12-16H2. The number of carbonyl (C=O) groups excluding carboxylic acids is 2. The van der Waals surface area contributed by atoms with Gasteiger partial charge in [-0.2, -0.15) is 5.10 Å². The molecule has 2 aliphatic rings. The van der Waals surface area contributed by atoms with Crippen molar-refractivity contribution < 1.29 is 18.4 Å². The second-order valence-corrected chi connectivity index (χ2v) is 8.47. The molecule has 0 saturated carbocycles. The summed E-state index contributed by atoms with van der Waals surface area (Å²) in [4.78, 5) is 29.4. The minimum Gasteiger partial charge on any atom is -0.339 e. The van der Waals surface area contributed by atoms with Crippen LogP contribution >= 0.6 is 0 Å². The molecule has 1 aliphatic heterocycles. The highest BCUT2D eigenvalue weighted by Crippen LogP contribution is 2.29. The molecule has 1 saturated heterocycles. The predicted molar refractivity (Wildman–Crippen MR) is 118 cm³/mol. The molecule has 170 valence electrons. The van der Waals surface area contributed by atoms with E-state index >= 15 is 0 Å². The van der Waals surface area contributed by atoms with E-state index in [1.165, 1.54) is 18.2 Å². The molecule has 6 nitrogen and oxygen atoms in total. The van der Waals surface area contributed by atoms with Gasteiger partial charge < -0.3 is 9.80 Å². The molecule has 2 heterocycles. The van der Waals surface area contributed by atoms with Crippen molar-refractivity contribution >= 4 is 11.8 Å². The number of para-hydroxylation sites is 1. The van der Waals surface area contributed by atoms with Gasteiger partial charge in [0.15, 0.2) is 5.69 Å². The zero-order valence-electron chi connectivity index (χ0n) is 18.1. The van der Waals surface area contributed by atoms with Gasteiger partial charge in [0.05, 0.1) is 6.42 Å². The molecule has 1 fully saturated rings. The van der Waals surface area contributed by atoms with E-state index in [2.05, 4.69) is 5.10 Å². The summed E-state index contributed by atoms with van der Waals surface area (Å²) in [5.74, 6) is -0.920. The van der Waals surface area contributed by atoms with Crippen molar-refractivity contribution in [2.75, 3.05) is 26.2 Å². The second-order valence-electron chi connectivity index (χ2n) is 8.47. The first-order valence-corrected chi connectivity index (χ1v) is 11.2. The highest BCUT2D eigenvalue weighted by atomic mass is 19.1. The minimum atomic E-state index is -0.373. The Kier molecular flexibility index (Phi) is 5.66. The summed E-state index contributed by atoms with van der Waals surface area (Å²) in [6.07, 6.45) is 2.62. The summed E-state index contributed by atoms with van der Waals surface area (Å²) in [6.45, 7) is 1.69. The number of benzene rings is 2. The average molecular weight is 450 g/mol. The molecule has 0 radical (unpaired) electrons. The summed E-state index contributed by atoms with van der Waals surface area (Å²) in [5, 5.41) is 4.53. The van der Waals surface area contributed by atoms with E-state index < -0.39 is 0 Å². The second kappa shape index (κ2) is 8.77. The van der Waals surface area contributed by atoms with Crippen LogP contribution in [0.25, 0.3) is 5.69 Å². The van der Waals surface area contributed by atoms with Crippen LogP contribution in [0.3, 0.4) is 0 Å². The van der Waals surface area contributed by atoms with Crippen LogP contribution in [0.15, 0.2) is 48.5 Å². The fourth-order valence-corrected chi connectivity index (χ4v) is 4.63. The number of hydrogen-bond donors (Lipinski definition) is 0. The predicted octanol–water partition coefficient (Wildman–Crippen LogP) is 3.17. The van der Waals surface area contributed by atoms with Crippen LogP contribution in [0, 0.1) is 11.6 Å². The van der Waals surface area contributed by atoms with Crippen molar-refractivity contribution in [3.05, 3.63) is 82.7 Å². The lowest BCUT2D eigenvalue weighted by Gasteiger charge is -2.34. The molecule has 0 N–H and O–H groups in total. The number of piperazine rings is 1. The number of fused-ring (bicyclic) bond motifs is 1. The lowest BCUT2D eigenvalue weighted by molar-refractivity contribution is -0.131. The number of amides is 2.